The van der Waals surface area contributed by atoms with Crippen molar-refractivity contribution in [1.82, 2.24) is 0 Å². The number of ketones is 2. The number of esters is 2. The molecule has 0 radical (unpaired) electrons. The number of allylic oxidation sites excluding steroid dienone is 2. The predicted molar refractivity (Wildman–Crippen MR) is 96.2 cm³/mol. The molecule has 0 N–H and O–H groups in total. The molecule has 0 heterocycles. The Balaban J connectivity index is 2.67. The van der Waals surface area contributed by atoms with Crippen LogP contribution >= 0.6 is 0 Å². The number of hydrogen-bond acceptors (Lipinski definition) is 6. The summed E-state index contributed by atoms with van der Waals surface area (Å²) in [6.07, 6.45) is 0.0811. The highest BCUT2D eigenvalue weighted by atomic mass is 16.5. The molecule has 1 aliphatic rings. The number of carbonyl (C=O) groups excluding carboxylic acids is 4. The second-order valence-corrected chi connectivity index (χ2v) is 6.18. The van der Waals surface area contributed by atoms with Gasteiger partial charge in [-0.05, 0) is 50.0 Å². The Bertz CT molecular complexity index is 686. The molecule has 0 spiro atoms. The van der Waals surface area contributed by atoms with Crippen LogP contribution in [-0.2, 0) is 28.7 Å². The van der Waals surface area contributed by atoms with Gasteiger partial charge >= 0.3 is 11.9 Å². The Morgan fingerprint density at radius 3 is 1.31 bits per heavy atom. The van der Waals surface area contributed by atoms with E-state index in [4.69, 9.17) is 9.47 Å². The molecule has 0 aromatic rings. The van der Waals surface area contributed by atoms with E-state index in [2.05, 4.69) is 13.2 Å². The summed E-state index contributed by atoms with van der Waals surface area (Å²) in [6.45, 7) is 13.4. The standard InChI is InChI=1S/C20H24O6/c1-11(2)15(21)7-9-25-19(23)17-13(5)14(6)18(17)20(24)26-10-8-16(22)12(3)4/h1,3,7-10H2,2,4-6H3. The Morgan fingerprint density at radius 1 is 0.731 bits per heavy atom. The van der Waals surface area contributed by atoms with E-state index in [-0.39, 0.29) is 48.8 Å². The first kappa shape index (κ1) is 21.3. The monoisotopic (exact) mass is 360 g/mol. The number of ether oxygens (including phenoxy) is 2. The van der Waals surface area contributed by atoms with Crippen LogP contribution in [0.1, 0.15) is 40.5 Å². The minimum Gasteiger partial charge on any atom is -0.462 e. The number of rotatable bonds is 10. The molecule has 0 saturated carbocycles. The maximum Gasteiger partial charge on any atom is 0.339 e. The van der Waals surface area contributed by atoms with Crippen LogP contribution in [-0.4, -0.2) is 36.7 Å². The van der Waals surface area contributed by atoms with Crippen LogP contribution in [0.5, 0.6) is 0 Å². The number of carbonyl (C=O) groups is 4. The van der Waals surface area contributed by atoms with E-state index in [0.717, 1.165) is 0 Å². The van der Waals surface area contributed by atoms with Gasteiger partial charge in [-0.2, -0.15) is 0 Å². The molecule has 140 valence electrons. The molecular weight excluding hydrogens is 336 g/mol. The average Bonchev–Trinajstić information content (AvgIpc) is 2.57. The van der Waals surface area contributed by atoms with Crippen molar-refractivity contribution < 1.29 is 28.7 Å². The van der Waals surface area contributed by atoms with Crippen molar-refractivity contribution in [2.45, 2.75) is 40.5 Å². The van der Waals surface area contributed by atoms with E-state index >= 15 is 0 Å². The van der Waals surface area contributed by atoms with E-state index in [9.17, 15) is 19.2 Å². The summed E-state index contributed by atoms with van der Waals surface area (Å²) < 4.78 is 10.1. The fourth-order valence-electron chi connectivity index (χ4n) is 2.24. The van der Waals surface area contributed by atoms with Gasteiger partial charge in [-0.25, -0.2) is 9.59 Å². The maximum atomic E-state index is 12.2. The molecule has 0 aliphatic heterocycles. The Labute approximate surface area is 153 Å². The van der Waals surface area contributed by atoms with Gasteiger partial charge in [0.1, 0.15) is 0 Å². The second-order valence-electron chi connectivity index (χ2n) is 6.18. The third-order valence-corrected chi connectivity index (χ3v) is 4.05. The van der Waals surface area contributed by atoms with Crippen molar-refractivity contribution >= 4 is 23.5 Å². The topological polar surface area (TPSA) is 86.7 Å². The van der Waals surface area contributed by atoms with E-state index in [0.29, 0.717) is 22.3 Å². The van der Waals surface area contributed by atoms with Gasteiger partial charge in [0, 0.05) is 12.8 Å². The molecule has 6 heteroatoms. The zero-order valence-corrected chi connectivity index (χ0v) is 15.7. The van der Waals surface area contributed by atoms with Crippen molar-refractivity contribution in [1.29, 1.82) is 0 Å². The molecule has 0 aromatic carbocycles. The van der Waals surface area contributed by atoms with Crippen molar-refractivity contribution in [3.63, 3.8) is 0 Å². The summed E-state index contributed by atoms with van der Waals surface area (Å²) in [5, 5.41) is 0. The van der Waals surface area contributed by atoms with Crippen LogP contribution < -0.4 is 0 Å². The largest absolute Gasteiger partial charge is 0.462 e. The molecule has 0 fully saturated rings. The zero-order chi connectivity index (χ0) is 20.0. The van der Waals surface area contributed by atoms with Gasteiger partial charge in [0.15, 0.2) is 11.6 Å². The van der Waals surface area contributed by atoms with Gasteiger partial charge in [0.05, 0.1) is 24.4 Å². The van der Waals surface area contributed by atoms with Gasteiger partial charge in [0.25, 0.3) is 0 Å². The average molecular weight is 360 g/mol. The molecule has 0 amide bonds. The fourth-order valence-corrected chi connectivity index (χ4v) is 2.24. The lowest BCUT2D eigenvalue weighted by Crippen LogP contribution is -2.26. The van der Waals surface area contributed by atoms with Gasteiger partial charge < -0.3 is 9.47 Å². The van der Waals surface area contributed by atoms with Crippen molar-refractivity contribution in [3.05, 3.63) is 46.6 Å². The molecule has 26 heavy (non-hydrogen) atoms. The highest BCUT2D eigenvalue weighted by molar-refractivity contribution is 6.11. The summed E-state index contributed by atoms with van der Waals surface area (Å²) >= 11 is 0. The minimum absolute atomic E-state index is 0.0406. The molecule has 6 nitrogen and oxygen atoms in total. The van der Waals surface area contributed by atoms with Crippen LogP contribution in [0.3, 0.4) is 0 Å². The molecule has 0 atom stereocenters. The van der Waals surface area contributed by atoms with Crippen LogP contribution in [0.25, 0.3) is 0 Å². The lowest BCUT2D eigenvalue weighted by molar-refractivity contribution is -0.143. The SMILES string of the molecule is C=C(C)C(=O)CCOC(=O)C1=C(C(=O)OCCC(=O)C(=C)C)C(C)=C1C. The Hall–Kier alpha value is -2.76. The van der Waals surface area contributed by atoms with Gasteiger partial charge in [-0.15, -0.1) is 0 Å². The van der Waals surface area contributed by atoms with Gasteiger partial charge in [-0.1, -0.05) is 13.2 Å². The molecule has 0 saturated heterocycles. The molecule has 0 bridgehead atoms. The lowest BCUT2D eigenvalue weighted by atomic mass is 9.82. The van der Waals surface area contributed by atoms with E-state index < -0.39 is 11.9 Å². The first-order valence-corrected chi connectivity index (χ1v) is 8.22. The zero-order valence-electron chi connectivity index (χ0n) is 15.7. The third kappa shape index (κ3) is 5.12. The number of Topliss-reactive ketones (excluding diaryl/α,β-unsaturated/α-hetero) is 2. The predicted octanol–water partition coefficient (Wildman–Crippen LogP) is 2.79. The maximum absolute atomic E-state index is 12.2. The summed E-state index contributed by atoms with van der Waals surface area (Å²) in [6, 6.07) is 0. The van der Waals surface area contributed by atoms with Crippen molar-refractivity contribution in [3.8, 4) is 0 Å². The highest BCUT2D eigenvalue weighted by Crippen LogP contribution is 2.36. The van der Waals surface area contributed by atoms with Gasteiger partial charge in [-0.3, -0.25) is 9.59 Å². The molecule has 0 unspecified atom stereocenters. The minimum atomic E-state index is -0.674. The van der Waals surface area contributed by atoms with Gasteiger partial charge in [0.2, 0.25) is 0 Å². The first-order chi connectivity index (χ1) is 12.1. The summed E-state index contributed by atoms with van der Waals surface area (Å²) in [4.78, 5) is 47.3. The van der Waals surface area contributed by atoms with Crippen LogP contribution in [0.4, 0.5) is 0 Å². The Kier molecular flexibility index (Phi) is 7.43. The van der Waals surface area contributed by atoms with E-state index in [1.54, 1.807) is 27.7 Å². The lowest BCUT2D eigenvalue weighted by Gasteiger charge is -2.24. The molecule has 0 aromatic heterocycles. The second kappa shape index (κ2) is 9.08. The van der Waals surface area contributed by atoms with Crippen molar-refractivity contribution in [2.75, 3.05) is 13.2 Å². The van der Waals surface area contributed by atoms with Crippen LogP contribution in [0, 0.1) is 0 Å². The summed E-state index contributed by atoms with van der Waals surface area (Å²) in [5.74, 6) is -1.73. The van der Waals surface area contributed by atoms with E-state index in [1.807, 2.05) is 0 Å². The van der Waals surface area contributed by atoms with Crippen LogP contribution in [0.2, 0.25) is 0 Å². The highest BCUT2D eigenvalue weighted by Gasteiger charge is 2.35. The molecule has 1 aliphatic carbocycles. The third-order valence-electron chi connectivity index (χ3n) is 4.05. The smallest absolute Gasteiger partial charge is 0.339 e. The molecule has 1 rings (SSSR count). The number of hydrogen-bond donors (Lipinski definition) is 0. The van der Waals surface area contributed by atoms with Crippen LogP contribution in [0.15, 0.2) is 46.6 Å². The van der Waals surface area contributed by atoms with Crippen molar-refractivity contribution in [2.24, 2.45) is 0 Å². The Morgan fingerprint density at radius 2 is 1.04 bits per heavy atom. The fraction of sp³-hybridized carbons (Fsp3) is 0.400. The first-order valence-electron chi connectivity index (χ1n) is 8.22. The molecular formula is C20H24O6. The normalized spacial score (nSPS) is 13.1. The van der Waals surface area contributed by atoms with E-state index in [1.165, 1.54) is 0 Å². The summed E-state index contributed by atoms with van der Waals surface area (Å²) in [7, 11) is 0. The summed E-state index contributed by atoms with van der Waals surface area (Å²) in [5.41, 5.74) is 2.38. The quantitative estimate of drug-likeness (QED) is 0.440.